The number of benzene rings is 1. The Hall–Kier alpha value is -2.54. The Balaban J connectivity index is 1.31. The van der Waals surface area contributed by atoms with E-state index in [1.165, 1.54) is 47.8 Å². The number of nitrogens with zero attached hydrogens (tertiary/aromatic N) is 3. The van der Waals surface area contributed by atoms with E-state index >= 15 is 0 Å². The Morgan fingerprint density at radius 3 is 2.42 bits per heavy atom. The molecule has 2 fully saturated rings. The van der Waals surface area contributed by atoms with Gasteiger partial charge in [0.25, 0.3) is 0 Å². The maximum Gasteiger partial charge on any atom is 0.407 e. The second kappa shape index (κ2) is 10.9. The van der Waals surface area contributed by atoms with Gasteiger partial charge in [0.05, 0.1) is 0 Å². The fourth-order valence-electron chi connectivity index (χ4n) is 7.44. The van der Waals surface area contributed by atoms with Crippen LogP contribution in [0.4, 0.5) is 10.5 Å². The molecule has 1 aliphatic heterocycles. The molecule has 1 aromatic carbocycles. The summed E-state index contributed by atoms with van der Waals surface area (Å²) in [5.41, 5.74) is 4.67. The highest BCUT2D eigenvalue weighted by molar-refractivity contribution is 5.96. The molecule has 208 valence electrons. The largest absolute Gasteiger partial charge is 0.465 e. The molecule has 0 saturated heterocycles. The van der Waals surface area contributed by atoms with E-state index in [0.29, 0.717) is 0 Å². The Morgan fingerprint density at radius 1 is 1.08 bits per heavy atom. The van der Waals surface area contributed by atoms with Crippen molar-refractivity contribution in [1.82, 2.24) is 14.4 Å². The summed E-state index contributed by atoms with van der Waals surface area (Å²) in [7, 11) is 0. The molecule has 2 aromatic rings. The lowest BCUT2D eigenvalue weighted by molar-refractivity contribution is -0.121. The zero-order valence-electron chi connectivity index (χ0n) is 23.8. The number of hydrogen-bond acceptors (Lipinski definition) is 3. The summed E-state index contributed by atoms with van der Waals surface area (Å²) in [5.74, 6) is -0.0103. The number of nitrogens with one attached hydrogen (secondary N) is 1. The maximum atomic E-state index is 13.3. The van der Waals surface area contributed by atoms with Crippen molar-refractivity contribution in [3.05, 3.63) is 29.5 Å². The molecule has 5 rings (SSSR count). The first-order valence-electron chi connectivity index (χ1n) is 14.9. The number of anilines is 1. The van der Waals surface area contributed by atoms with E-state index in [1.54, 1.807) is 4.90 Å². The van der Waals surface area contributed by atoms with Gasteiger partial charge in [0, 0.05) is 71.9 Å². The van der Waals surface area contributed by atoms with Gasteiger partial charge in [0.2, 0.25) is 5.91 Å². The molecule has 2 amide bonds. The minimum absolute atomic E-state index is 0.0273. The van der Waals surface area contributed by atoms with Gasteiger partial charge in [0.15, 0.2) is 0 Å². The summed E-state index contributed by atoms with van der Waals surface area (Å²) in [4.78, 5) is 29.4. The summed E-state index contributed by atoms with van der Waals surface area (Å²) in [6.07, 6.45) is 9.60. The van der Waals surface area contributed by atoms with Crippen molar-refractivity contribution in [2.24, 2.45) is 5.92 Å². The predicted octanol–water partition coefficient (Wildman–Crippen LogP) is 6.63. The van der Waals surface area contributed by atoms with Crippen LogP contribution in [0.25, 0.3) is 10.9 Å². The fourth-order valence-corrected chi connectivity index (χ4v) is 7.44. The first-order valence-corrected chi connectivity index (χ1v) is 14.9. The van der Waals surface area contributed by atoms with Crippen LogP contribution in [0, 0.1) is 5.92 Å². The molecule has 7 nitrogen and oxygen atoms in total. The molecule has 2 aliphatic carbocycles. The van der Waals surface area contributed by atoms with Crippen molar-refractivity contribution in [1.29, 1.82) is 0 Å². The molecule has 38 heavy (non-hydrogen) atoms. The molecule has 0 atom stereocenters. The summed E-state index contributed by atoms with van der Waals surface area (Å²) in [6, 6.07) is 7.16. The number of carboxylic acid groups (broad SMARTS) is 1. The number of fused-ring (bicyclic) bond motifs is 3. The van der Waals surface area contributed by atoms with Crippen LogP contribution in [0.5, 0.6) is 0 Å². The van der Waals surface area contributed by atoms with Crippen molar-refractivity contribution in [2.45, 2.75) is 123 Å². The van der Waals surface area contributed by atoms with Gasteiger partial charge in [-0.2, -0.15) is 0 Å². The monoisotopic (exact) mass is 522 g/mol. The van der Waals surface area contributed by atoms with Gasteiger partial charge in [0.1, 0.15) is 0 Å². The second-order valence-electron chi connectivity index (χ2n) is 12.8. The number of hydrogen-bond donors (Lipinski definition) is 2. The van der Waals surface area contributed by atoms with E-state index in [0.717, 1.165) is 69.9 Å². The molecular formula is C31H46N4O3. The van der Waals surface area contributed by atoms with E-state index in [2.05, 4.69) is 39.9 Å². The molecule has 0 bridgehead atoms. The molecule has 0 unspecified atom stereocenters. The summed E-state index contributed by atoms with van der Waals surface area (Å²) in [6.45, 7) is 11.3. The second-order valence-corrected chi connectivity index (χ2v) is 12.8. The highest BCUT2D eigenvalue weighted by atomic mass is 16.4. The zero-order chi connectivity index (χ0) is 27.0. The lowest BCUT2D eigenvalue weighted by atomic mass is 9.83. The van der Waals surface area contributed by atoms with Crippen molar-refractivity contribution >= 4 is 28.6 Å². The number of aromatic nitrogens is 1. The Bertz CT molecular complexity index is 1170. The quantitative estimate of drug-likeness (QED) is 0.446. The van der Waals surface area contributed by atoms with Gasteiger partial charge in [-0.05, 0) is 89.5 Å². The maximum absolute atomic E-state index is 13.3. The minimum atomic E-state index is -0.872. The zero-order valence-corrected chi connectivity index (χ0v) is 23.8. The predicted molar refractivity (Wildman–Crippen MR) is 153 cm³/mol. The third-order valence-corrected chi connectivity index (χ3v) is 9.20. The first kappa shape index (κ1) is 27.0. The average molecular weight is 523 g/mol. The van der Waals surface area contributed by atoms with Crippen LogP contribution in [0.15, 0.2) is 18.2 Å². The smallest absolute Gasteiger partial charge is 0.407 e. The Morgan fingerprint density at radius 2 is 1.79 bits per heavy atom. The van der Waals surface area contributed by atoms with Crippen LogP contribution < -0.4 is 5.32 Å². The average Bonchev–Trinajstić information content (AvgIpc) is 3.51. The molecule has 0 radical (unpaired) electrons. The number of carbonyl (C=O) groups is 2. The lowest BCUT2D eigenvalue weighted by Crippen LogP contribution is -2.52. The molecule has 0 spiro atoms. The third kappa shape index (κ3) is 5.31. The number of rotatable bonds is 6. The van der Waals surface area contributed by atoms with Crippen LogP contribution >= 0.6 is 0 Å². The van der Waals surface area contributed by atoms with Crippen LogP contribution in [-0.4, -0.2) is 55.6 Å². The molecule has 2 heterocycles. The van der Waals surface area contributed by atoms with Crippen molar-refractivity contribution in [3.63, 3.8) is 0 Å². The van der Waals surface area contributed by atoms with Gasteiger partial charge in [-0.1, -0.05) is 19.8 Å². The topological polar surface area (TPSA) is 77.8 Å². The number of aryl methyl sites for hydroxylation is 1. The fraction of sp³-hybridized carbons (Fsp3) is 0.677. The lowest BCUT2D eigenvalue weighted by Gasteiger charge is -2.42. The van der Waals surface area contributed by atoms with E-state index in [9.17, 15) is 14.7 Å². The SMILES string of the molecule is CCCn1c2c(c3cc(NC(=O)C4CCC(N(C(=O)O)C(C)(C)C)CC4)ccc31)CN(C1CCCC1)CC2. The van der Waals surface area contributed by atoms with Gasteiger partial charge >= 0.3 is 6.09 Å². The van der Waals surface area contributed by atoms with E-state index in [4.69, 9.17) is 0 Å². The Labute approximate surface area is 227 Å². The molecule has 1 aromatic heterocycles. The van der Waals surface area contributed by atoms with Crippen LogP contribution in [-0.2, 0) is 24.3 Å². The molecule has 2 N–H and O–H groups in total. The van der Waals surface area contributed by atoms with E-state index in [-0.39, 0.29) is 17.9 Å². The normalized spacial score (nSPS) is 22.9. The van der Waals surface area contributed by atoms with Crippen LogP contribution in [0.3, 0.4) is 0 Å². The van der Waals surface area contributed by atoms with Crippen molar-refractivity contribution in [2.75, 3.05) is 11.9 Å². The van der Waals surface area contributed by atoms with Gasteiger partial charge in [-0.25, -0.2) is 4.79 Å². The highest BCUT2D eigenvalue weighted by Crippen LogP contribution is 2.37. The van der Waals surface area contributed by atoms with E-state index in [1.807, 2.05) is 20.8 Å². The molecular weight excluding hydrogens is 476 g/mol. The van der Waals surface area contributed by atoms with Gasteiger partial charge in [-0.3, -0.25) is 9.69 Å². The minimum Gasteiger partial charge on any atom is -0.465 e. The van der Waals surface area contributed by atoms with Crippen LogP contribution in [0.2, 0.25) is 0 Å². The third-order valence-electron chi connectivity index (χ3n) is 9.20. The highest BCUT2D eigenvalue weighted by Gasteiger charge is 2.37. The van der Waals surface area contributed by atoms with Crippen LogP contribution in [0.1, 0.15) is 96.7 Å². The molecule has 7 heteroatoms. The molecule has 2 saturated carbocycles. The Kier molecular flexibility index (Phi) is 7.77. The van der Waals surface area contributed by atoms with Gasteiger partial charge < -0.3 is 19.9 Å². The molecule has 3 aliphatic rings. The standard InChI is InChI=1S/C31H46N4O3/c1-5-17-34-27-15-12-22(19-25(27)26-20-33(18-16-28(26)34)23-8-6-7-9-23)32-29(36)21-10-13-24(14-11-21)35(30(37)38)31(2,3)4/h12,15,19,21,23-24H,5-11,13-14,16-18,20H2,1-4H3,(H,32,36)(H,37,38). The van der Waals surface area contributed by atoms with Crippen molar-refractivity contribution in [3.8, 4) is 0 Å². The summed E-state index contributed by atoms with van der Waals surface area (Å²) >= 11 is 0. The summed E-state index contributed by atoms with van der Waals surface area (Å²) < 4.78 is 2.52. The number of amides is 2. The number of carbonyl (C=O) groups excluding carboxylic acids is 1. The van der Waals surface area contributed by atoms with Crippen molar-refractivity contribution < 1.29 is 14.7 Å². The first-order chi connectivity index (χ1) is 18.2. The van der Waals surface area contributed by atoms with E-state index < -0.39 is 11.6 Å². The van der Waals surface area contributed by atoms with Gasteiger partial charge in [-0.15, -0.1) is 0 Å². The summed E-state index contributed by atoms with van der Waals surface area (Å²) in [5, 5.41) is 14.3.